The fourth-order valence-corrected chi connectivity index (χ4v) is 3.46. The number of aliphatic imine (C=N–C) groups is 1. The molecule has 1 aliphatic rings. The van der Waals surface area contributed by atoms with Crippen molar-refractivity contribution >= 4 is 17.3 Å². The summed E-state index contributed by atoms with van der Waals surface area (Å²) < 4.78 is 7.68. The first kappa shape index (κ1) is 18.8. The quantitative estimate of drug-likeness (QED) is 0.609. The number of rotatable bonds is 6. The zero-order valence-corrected chi connectivity index (χ0v) is 16.7. The molecule has 0 spiro atoms. The van der Waals surface area contributed by atoms with Crippen LogP contribution < -0.4 is 5.32 Å². The Kier molecular flexibility index (Phi) is 6.20. The van der Waals surface area contributed by atoms with E-state index in [0.29, 0.717) is 13.1 Å². The Bertz CT molecular complexity index is 748. The predicted octanol–water partition coefficient (Wildman–Crippen LogP) is 1.65. The third-order valence-corrected chi connectivity index (χ3v) is 5.31. The van der Waals surface area contributed by atoms with Gasteiger partial charge in [0.2, 0.25) is 0 Å². The maximum absolute atomic E-state index is 5.72. The minimum atomic E-state index is 0.257. The largest absolute Gasteiger partial charge is 0.376 e. The fourth-order valence-electron chi connectivity index (χ4n) is 2.86. The lowest BCUT2D eigenvalue weighted by Crippen LogP contribution is -2.42. The van der Waals surface area contributed by atoms with Crippen LogP contribution in [0.5, 0.6) is 0 Å². The first-order valence-corrected chi connectivity index (χ1v) is 9.78. The molecule has 1 aliphatic heterocycles. The average molecular weight is 378 g/mol. The van der Waals surface area contributed by atoms with Crippen molar-refractivity contribution in [3.63, 3.8) is 0 Å². The molecular weight excluding hydrogens is 350 g/mol. The number of hydrogen-bond acceptors (Lipinski definition) is 6. The van der Waals surface area contributed by atoms with Crippen LogP contribution in [0, 0.1) is 13.8 Å². The van der Waals surface area contributed by atoms with Gasteiger partial charge in [-0.15, -0.1) is 21.5 Å². The Labute approximate surface area is 158 Å². The van der Waals surface area contributed by atoms with Gasteiger partial charge in [-0.25, -0.2) is 9.98 Å². The summed E-state index contributed by atoms with van der Waals surface area (Å²) in [5.74, 6) is 2.55. The number of thiazole rings is 1. The number of nitrogens with zero attached hydrogens (tertiary/aromatic N) is 6. The van der Waals surface area contributed by atoms with Gasteiger partial charge in [0.05, 0.1) is 23.4 Å². The third kappa shape index (κ3) is 4.79. The second-order valence-corrected chi connectivity index (χ2v) is 7.65. The van der Waals surface area contributed by atoms with Gasteiger partial charge in [-0.05, 0) is 26.7 Å². The van der Waals surface area contributed by atoms with Gasteiger partial charge >= 0.3 is 0 Å². The van der Waals surface area contributed by atoms with E-state index in [4.69, 9.17) is 9.73 Å². The van der Waals surface area contributed by atoms with E-state index in [1.54, 1.807) is 11.3 Å². The predicted molar refractivity (Wildman–Crippen MR) is 102 cm³/mol. The molecule has 3 rings (SSSR count). The van der Waals surface area contributed by atoms with E-state index < -0.39 is 0 Å². The normalized spacial score (nSPS) is 17.7. The smallest absolute Gasteiger partial charge is 0.194 e. The molecule has 0 bridgehead atoms. The van der Waals surface area contributed by atoms with Crippen LogP contribution in [0.3, 0.4) is 0 Å². The lowest BCUT2D eigenvalue weighted by atomic mass is 10.2. The highest BCUT2D eigenvalue weighted by Gasteiger charge is 2.17. The van der Waals surface area contributed by atoms with E-state index in [9.17, 15) is 0 Å². The van der Waals surface area contributed by atoms with Crippen molar-refractivity contribution in [1.82, 2.24) is 30.0 Å². The van der Waals surface area contributed by atoms with E-state index in [1.165, 1.54) is 0 Å². The van der Waals surface area contributed by atoms with E-state index in [0.717, 1.165) is 54.3 Å². The highest BCUT2D eigenvalue weighted by atomic mass is 32.1. The summed E-state index contributed by atoms with van der Waals surface area (Å²) in [4.78, 5) is 11.4. The van der Waals surface area contributed by atoms with Crippen LogP contribution in [-0.4, -0.2) is 56.9 Å². The molecule has 1 atom stereocenters. The lowest BCUT2D eigenvalue weighted by Gasteiger charge is -2.23. The summed E-state index contributed by atoms with van der Waals surface area (Å²) in [5.41, 5.74) is 1.05. The maximum Gasteiger partial charge on any atom is 0.194 e. The van der Waals surface area contributed by atoms with Crippen molar-refractivity contribution in [2.24, 2.45) is 12.0 Å². The fraction of sp³-hybridized carbons (Fsp3) is 0.647. The van der Waals surface area contributed by atoms with Crippen molar-refractivity contribution in [2.75, 3.05) is 20.2 Å². The van der Waals surface area contributed by atoms with Crippen LogP contribution in [0.2, 0.25) is 0 Å². The van der Waals surface area contributed by atoms with Gasteiger partial charge in [-0.1, -0.05) is 0 Å². The SMILES string of the molecule is Cc1nc(CN(C)C(=NCc2nnc(C)n2C)NCC2CCCO2)cs1. The molecule has 142 valence electrons. The van der Waals surface area contributed by atoms with Crippen molar-refractivity contribution in [1.29, 1.82) is 0 Å². The highest BCUT2D eigenvalue weighted by molar-refractivity contribution is 7.09. The zero-order valence-electron chi connectivity index (χ0n) is 15.9. The minimum absolute atomic E-state index is 0.257. The summed E-state index contributed by atoms with van der Waals surface area (Å²) in [6, 6.07) is 0. The van der Waals surface area contributed by atoms with Crippen LogP contribution in [0.4, 0.5) is 0 Å². The number of hydrogen-bond donors (Lipinski definition) is 1. The number of ether oxygens (including phenoxy) is 1. The first-order chi connectivity index (χ1) is 12.5. The summed E-state index contributed by atoms with van der Waals surface area (Å²) in [6.45, 7) is 6.76. The summed E-state index contributed by atoms with van der Waals surface area (Å²) in [6.07, 6.45) is 2.48. The van der Waals surface area contributed by atoms with Crippen molar-refractivity contribution < 1.29 is 4.74 Å². The lowest BCUT2D eigenvalue weighted by molar-refractivity contribution is 0.113. The number of nitrogens with one attached hydrogen (secondary N) is 1. The zero-order chi connectivity index (χ0) is 18.5. The number of aromatic nitrogens is 4. The van der Waals surface area contributed by atoms with Gasteiger partial charge in [0.25, 0.3) is 0 Å². The van der Waals surface area contributed by atoms with E-state index in [1.807, 2.05) is 32.5 Å². The molecule has 1 saturated heterocycles. The van der Waals surface area contributed by atoms with Gasteiger partial charge in [-0.3, -0.25) is 0 Å². The molecule has 0 radical (unpaired) electrons. The molecule has 0 aromatic carbocycles. The molecule has 9 heteroatoms. The topological polar surface area (TPSA) is 80.5 Å². The molecule has 3 heterocycles. The molecule has 1 fully saturated rings. The van der Waals surface area contributed by atoms with Gasteiger partial charge in [-0.2, -0.15) is 0 Å². The van der Waals surface area contributed by atoms with Gasteiger partial charge in [0.15, 0.2) is 11.8 Å². The van der Waals surface area contributed by atoms with Gasteiger partial charge in [0, 0.05) is 32.6 Å². The van der Waals surface area contributed by atoms with E-state index in [2.05, 4.69) is 30.8 Å². The van der Waals surface area contributed by atoms with Crippen LogP contribution in [-0.2, 0) is 24.9 Å². The summed E-state index contributed by atoms with van der Waals surface area (Å²) in [5, 5.41) is 14.9. The Balaban J connectivity index is 1.68. The van der Waals surface area contributed by atoms with Crippen LogP contribution in [0.25, 0.3) is 0 Å². The first-order valence-electron chi connectivity index (χ1n) is 8.90. The monoisotopic (exact) mass is 377 g/mol. The Morgan fingerprint density at radius 2 is 2.31 bits per heavy atom. The van der Waals surface area contributed by atoms with Crippen molar-refractivity contribution in [3.8, 4) is 0 Å². The summed E-state index contributed by atoms with van der Waals surface area (Å²) in [7, 11) is 3.99. The minimum Gasteiger partial charge on any atom is -0.376 e. The molecule has 8 nitrogen and oxygen atoms in total. The highest BCUT2D eigenvalue weighted by Crippen LogP contribution is 2.12. The Hall–Kier alpha value is -2.00. The molecule has 2 aromatic heterocycles. The molecule has 1 unspecified atom stereocenters. The van der Waals surface area contributed by atoms with Gasteiger partial charge in [0.1, 0.15) is 12.4 Å². The molecule has 26 heavy (non-hydrogen) atoms. The average Bonchev–Trinajstić information content (AvgIpc) is 3.33. The van der Waals surface area contributed by atoms with E-state index >= 15 is 0 Å². The molecule has 0 saturated carbocycles. The molecule has 0 amide bonds. The molecule has 1 N–H and O–H groups in total. The van der Waals surface area contributed by atoms with Gasteiger partial charge < -0.3 is 19.5 Å². The standard InChI is InChI=1S/C17H27N7OS/c1-12-21-22-16(24(12)4)9-19-17(18-8-15-6-5-7-25-15)23(3)10-14-11-26-13(2)20-14/h11,15H,5-10H2,1-4H3,(H,18,19). The molecular formula is C17H27N7OS. The maximum atomic E-state index is 5.72. The van der Waals surface area contributed by atoms with Crippen molar-refractivity contribution in [3.05, 3.63) is 27.7 Å². The second kappa shape index (κ2) is 8.59. The van der Waals surface area contributed by atoms with Crippen LogP contribution in [0.15, 0.2) is 10.4 Å². The number of guanidine groups is 1. The van der Waals surface area contributed by atoms with Crippen LogP contribution >= 0.6 is 11.3 Å². The second-order valence-electron chi connectivity index (χ2n) is 6.59. The van der Waals surface area contributed by atoms with E-state index in [-0.39, 0.29) is 6.10 Å². The number of aryl methyl sites for hydroxylation is 2. The Morgan fingerprint density at radius 3 is 2.92 bits per heavy atom. The third-order valence-electron chi connectivity index (χ3n) is 4.49. The molecule has 2 aromatic rings. The Morgan fingerprint density at radius 1 is 1.46 bits per heavy atom. The molecule has 0 aliphatic carbocycles. The van der Waals surface area contributed by atoms with Crippen molar-refractivity contribution in [2.45, 2.75) is 45.9 Å². The summed E-state index contributed by atoms with van der Waals surface area (Å²) >= 11 is 1.67. The van der Waals surface area contributed by atoms with Crippen LogP contribution in [0.1, 0.15) is 35.2 Å².